The van der Waals surface area contributed by atoms with Crippen LogP contribution in [0.2, 0.25) is 0 Å². The predicted molar refractivity (Wildman–Crippen MR) is 24.2 cm³/mol. The molecule has 2 N–H and O–H groups in total. The molecule has 8 heavy (non-hydrogen) atoms. The van der Waals surface area contributed by atoms with E-state index in [1.807, 2.05) is 0 Å². The second kappa shape index (κ2) is 2.98. The minimum absolute atomic E-state index is 0.928. The fraction of sp³-hybridized carbons (Fsp3) is 1.00. The van der Waals surface area contributed by atoms with Crippen molar-refractivity contribution in [1.82, 2.24) is 0 Å². The van der Waals surface area contributed by atoms with Crippen molar-refractivity contribution in [2.45, 2.75) is 0 Å². The van der Waals surface area contributed by atoms with Gasteiger partial charge in [-0.3, -0.25) is 0 Å². The van der Waals surface area contributed by atoms with E-state index in [0.717, 1.165) is 0 Å². The zero-order chi connectivity index (χ0) is 6.62. The maximum atomic E-state index is 9.97. The summed E-state index contributed by atoms with van der Waals surface area (Å²) in [5, 5.41) is 15.7. The van der Waals surface area contributed by atoms with Crippen molar-refractivity contribution < 1.29 is 22.8 Å². The Bertz CT molecular complexity index is 135. The van der Waals surface area contributed by atoms with Crippen molar-refractivity contribution in [2.24, 2.45) is 0 Å². The molecular weight excluding hydrogens is 136 g/mol. The smallest absolute Gasteiger partial charge is 0.293 e. The zero-order valence-electron chi connectivity index (χ0n) is 3.94. The topological polar surface area (TPSA) is 83.8 Å². The normalized spacial score (nSPS) is 11.8. The van der Waals surface area contributed by atoms with Crippen LogP contribution in [0.1, 0.15) is 0 Å². The molecule has 0 aliphatic heterocycles. The van der Waals surface area contributed by atoms with E-state index in [2.05, 4.69) is 4.18 Å². The molecule has 0 heterocycles. The van der Waals surface area contributed by atoms with Gasteiger partial charge in [0, 0.05) is 0 Å². The quantitative estimate of drug-likeness (QED) is 0.360. The molecule has 0 saturated heterocycles. The summed E-state index contributed by atoms with van der Waals surface area (Å²) < 4.78 is 23.6. The summed E-state index contributed by atoms with van der Waals surface area (Å²) in [4.78, 5) is 0. The lowest BCUT2D eigenvalue weighted by Crippen LogP contribution is -2.10. The summed E-state index contributed by atoms with van der Waals surface area (Å²) in [5.74, 6) is -1.10. The average Bonchev–Trinajstić information content (AvgIpc) is 1.67. The number of hydrogen-bond donors (Lipinski definition) is 2. The Morgan fingerprint density at radius 2 is 1.88 bits per heavy atom. The Labute approximate surface area is 46.6 Å². The molecule has 0 aromatic carbocycles. The van der Waals surface area contributed by atoms with E-state index in [-0.39, 0.29) is 0 Å². The Morgan fingerprint density at radius 1 is 1.38 bits per heavy atom. The summed E-state index contributed by atoms with van der Waals surface area (Å²) in [7, 11) is -3.86. The van der Waals surface area contributed by atoms with E-state index in [9.17, 15) is 8.42 Å². The monoisotopic (exact) mass is 142 g/mol. The molecule has 0 unspecified atom stereocenters. The van der Waals surface area contributed by atoms with Crippen LogP contribution in [0, 0.1) is 0 Å². The maximum absolute atomic E-state index is 9.97. The highest BCUT2D eigenvalue weighted by atomic mass is 32.2. The second-order valence-electron chi connectivity index (χ2n) is 0.934. The first kappa shape index (κ1) is 7.83. The first-order valence-electron chi connectivity index (χ1n) is 1.71. The zero-order valence-corrected chi connectivity index (χ0v) is 4.76. The summed E-state index contributed by atoms with van der Waals surface area (Å²) in [6.07, 6.45) is 0. The number of rotatable bonds is 3. The van der Waals surface area contributed by atoms with Crippen LogP contribution >= 0.6 is 0 Å². The molecule has 0 fully saturated rings. The van der Waals surface area contributed by atoms with Gasteiger partial charge in [-0.1, -0.05) is 0 Å². The summed E-state index contributed by atoms with van der Waals surface area (Å²) in [6, 6.07) is 0. The third kappa shape index (κ3) is 2.92. The van der Waals surface area contributed by atoms with Crippen molar-refractivity contribution in [1.29, 1.82) is 0 Å². The molecule has 0 amide bonds. The van der Waals surface area contributed by atoms with Gasteiger partial charge in [-0.15, -0.1) is 0 Å². The lowest BCUT2D eigenvalue weighted by Gasteiger charge is -1.94. The van der Waals surface area contributed by atoms with Crippen molar-refractivity contribution in [3.8, 4) is 0 Å². The van der Waals surface area contributed by atoms with Crippen LogP contribution in [0.25, 0.3) is 0 Å². The molecule has 0 rings (SSSR count). The average molecular weight is 142 g/mol. The molecule has 50 valence electrons. The highest BCUT2D eigenvalue weighted by molar-refractivity contribution is 7.86. The van der Waals surface area contributed by atoms with E-state index in [0.29, 0.717) is 0 Å². The molecular formula is C2H6O5S. The van der Waals surface area contributed by atoms with Crippen LogP contribution in [0.4, 0.5) is 0 Å². The van der Waals surface area contributed by atoms with Crippen molar-refractivity contribution in [3.63, 3.8) is 0 Å². The highest BCUT2D eigenvalue weighted by Crippen LogP contribution is 1.86. The molecule has 0 aromatic rings. The minimum Gasteiger partial charge on any atom is -0.378 e. The van der Waals surface area contributed by atoms with Crippen LogP contribution in [-0.2, 0) is 14.3 Å². The maximum Gasteiger partial charge on any atom is 0.293 e. The second-order valence-corrected chi connectivity index (χ2v) is 2.54. The van der Waals surface area contributed by atoms with Gasteiger partial charge in [0.05, 0.1) is 0 Å². The van der Waals surface area contributed by atoms with E-state index in [1.54, 1.807) is 0 Å². The largest absolute Gasteiger partial charge is 0.378 e. The van der Waals surface area contributed by atoms with Crippen LogP contribution in [-0.4, -0.2) is 31.4 Å². The lowest BCUT2D eigenvalue weighted by atomic mass is 11.6. The Morgan fingerprint density at radius 3 is 2.00 bits per heavy atom. The van der Waals surface area contributed by atoms with E-state index in [4.69, 9.17) is 10.2 Å². The summed E-state index contributed by atoms with van der Waals surface area (Å²) in [5.41, 5.74) is 0. The fourth-order valence-electron chi connectivity index (χ4n) is 0.118. The van der Waals surface area contributed by atoms with Gasteiger partial charge >= 0.3 is 0 Å². The standard InChI is InChI=1S/C2H6O5S/c3-1-7-8(5,6)2-4/h3-4H,1-2H2. The van der Waals surface area contributed by atoms with Gasteiger partial charge in [-0.25, -0.2) is 4.18 Å². The van der Waals surface area contributed by atoms with Gasteiger partial charge in [0.2, 0.25) is 0 Å². The molecule has 0 bridgehead atoms. The highest BCUT2D eigenvalue weighted by Gasteiger charge is 2.05. The van der Waals surface area contributed by atoms with Gasteiger partial charge in [-0.05, 0) is 0 Å². The Kier molecular flexibility index (Phi) is 2.91. The van der Waals surface area contributed by atoms with Crippen LogP contribution < -0.4 is 0 Å². The number of aliphatic hydroxyl groups is 2. The molecule has 5 nitrogen and oxygen atoms in total. The summed E-state index contributed by atoms with van der Waals surface area (Å²) >= 11 is 0. The van der Waals surface area contributed by atoms with Crippen LogP contribution in [0.3, 0.4) is 0 Å². The SMILES string of the molecule is O=S(=O)(CO)OCO. The van der Waals surface area contributed by atoms with Crippen molar-refractivity contribution >= 4 is 10.1 Å². The molecule has 0 aliphatic rings. The lowest BCUT2D eigenvalue weighted by molar-refractivity contribution is 0.101. The first-order chi connectivity index (χ1) is 3.62. The molecule has 0 aliphatic carbocycles. The first-order valence-corrected chi connectivity index (χ1v) is 3.29. The molecule has 0 spiro atoms. The van der Waals surface area contributed by atoms with Crippen LogP contribution in [0.5, 0.6) is 0 Å². The third-order valence-electron chi connectivity index (χ3n) is 0.390. The molecule has 0 radical (unpaired) electrons. The van der Waals surface area contributed by atoms with Crippen molar-refractivity contribution in [2.75, 3.05) is 12.7 Å². The van der Waals surface area contributed by atoms with Gasteiger partial charge in [-0.2, -0.15) is 8.42 Å². The number of aliphatic hydroxyl groups excluding tert-OH is 2. The van der Waals surface area contributed by atoms with Crippen LogP contribution in [0.15, 0.2) is 0 Å². The minimum atomic E-state index is -3.86. The van der Waals surface area contributed by atoms with E-state index in [1.165, 1.54) is 0 Å². The fourth-order valence-corrected chi connectivity index (χ4v) is 0.353. The van der Waals surface area contributed by atoms with E-state index >= 15 is 0 Å². The Hall–Kier alpha value is -0.170. The van der Waals surface area contributed by atoms with E-state index < -0.39 is 22.8 Å². The Balaban J connectivity index is 3.76. The van der Waals surface area contributed by atoms with Gasteiger partial charge in [0.1, 0.15) is 0 Å². The van der Waals surface area contributed by atoms with Gasteiger partial charge < -0.3 is 10.2 Å². The van der Waals surface area contributed by atoms with Crippen molar-refractivity contribution in [3.05, 3.63) is 0 Å². The molecule has 0 aromatic heterocycles. The third-order valence-corrected chi connectivity index (χ3v) is 1.17. The predicted octanol–water partition coefficient (Wildman–Crippen LogP) is -1.77. The number of hydrogen-bond acceptors (Lipinski definition) is 5. The van der Waals surface area contributed by atoms with Gasteiger partial charge in [0.25, 0.3) is 10.1 Å². The molecule has 0 saturated carbocycles. The summed E-state index contributed by atoms with van der Waals surface area (Å²) in [6.45, 7) is -0.928. The molecule has 0 atom stereocenters. The van der Waals surface area contributed by atoms with Gasteiger partial charge in [0.15, 0.2) is 12.7 Å². The molecule has 6 heteroatoms.